The second-order valence-corrected chi connectivity index (χ2v) is 1.96. The van der Waals surface area contributed by atoms with E-state index in [1.165, 1.54) is 0 Å². The Morgan fingerprint density at radius 1 is 1.60 bits per heavy atom. The minimum atomic E-state index is -0.833. The van der Waals surface area contributed by atoms with Gasteiger partial charge in [-0.3, -0.25) is 0 Å². The summed E-state index contributed by atoms with van der Waals surface area (Å²) in [5, 5.41) is 2.61. The molecule has 0 spiro atoms. The molecule has 0 unspecified atom stereocenters. The molecular weight excluding hydrogens is 153 g/mol. The monoisotopic (exact) mass is 161 g/mol. The van der Waals surface area contributed by atoms with Gasteiger partial charge >= 0.3 is 6.03 Å². The number of carbonyl (C=O) groups excluding carboxylic acids is 1. The van der Waals surface area contributed by atoms with E-state index in [-0.39, 0.29) is 0 Å². The molecule has 0 aromatic heterocycles. The molecule has 0 fully saturated rings. The lowest BCUT2D eigenvalue weighted by molar-refractivity contribution is 0.212. The first-order chi connectivity index (χ1) is 4.73. The lowest BCUT2D eigenvalue weighted by atomic mass is 10.7. The molecule has 0 bridgehead atoms. The van der Waals surface area contributed by atoms with E-state index in [9.17, 15) is 0 Å². The summed E-state index contributed by atoms with van der Waals surface area (Å²) in [7, 11) is 1.01. The normalized spacial score (nSPS) is 14.4. The standard InChI is InChI=1S/C3H4NOP.CH4N2O/c1-2-5-4-6-3-1;2-1(3)4/h1-4H;(H4,2,3,4). The second-order valence-electron chi connectivity index (χ2n) is 1.22. The van der Waals surface area contributed by atoms with Gasteiger partial charge in [0, 0.05) is 8.35 Å². The van der Waals surface area contributed by atoms with Crippen LogP contribution in [0.5, 0.6) is 0 Å². The molecular formula is C4H8N3O2P. The average molecular weight is 161 g/mol. The van der Waals surface area contributed by atoms with Crippen molar-refractivity contribution in [2.24, 2.45) is 11.5 Å². The van der Waals surface area contributed by atoms with Crippen molar-refractivity contribution in [1.29, 1.82) is 0 Å². The van der Waals surface area contributed by atoms with E-state index >= 15 is 0 Å². The van der Waals surface area contributed by atoms with Crippen molar-refractivity contribution < 1.29 is 9.63 Å². The largest absolute Gasteiger partial charge is 0.408 e. The molecule has 0 radical (unpaired) electrons. The van der Waals surface area contributed by atoms with Crippen LogP contribution in [0.15, 0.2) is 12.3 Å². The second kappa shape index (κ2) is 6.07. The highest BCUT2D eigenvalue weighted by Gasteiger charge is 1.74. The minimum Gasteiger partial charge on any atom is -0.408 e. The molecule has 2 amide bonds. The van der Waals surface area contributed by atoms with Gasteiger partial charge in [0.1, 0.15) is 6.26 Å². The molecule has 10 heavy (non-hydrogen) atoms. The number of primary amides is 2. The summed E-state index contributed by atoms with van der Waals surface area (Å²) in [4.78, 5) is 13.6. The summed E-state index contributed by atoms with van der Waals surface area (Å²) in [6.45, 7) is 0. The Bertz CT molecular complexity index is 141. The third-order valence-corrected chi connectivity index (χ3v) is 0.945. The Morgan fingerprint density at radius 3 is 2.30 bits per heavy atom. The van der Waals surface area contributed by atoms with Crippen molar-refractivity contribution in [2.75, 3.05) is 0 Å². The fraction of sp³-hybridized carbons (Fsp3) is 0. The molecule has 5 N–H and O–H groups in total. The first-order valence-corrected chi connectivity index (χ1v) is 3.33. The SMILES string of the molecule is C1=CONP=C1.NC(N)=O. The maximum Gasteiger partial charge on any atom is 0.309 e. The number of nitrogens with two attached hydrogens (primary N) is 2. The molecule has 0 aromatic rings. The predicted molar refractivity (Wildman–Crippen MR) is 40.1 cm³/mol. The van der Waals surface area contributed by atoms with E-state index in [2.05, 4.69) is 21.6 Å². The smallest absolute Gasteiger partial charge is 0.309 e. The first-order valence-electron chi connectivity index (χ1n) is 2.37. The summed E-state index contributed by atoms with van der Waals surface area (Å²) in [6, 6.07) is -0.833. The molecule has 1 heterocycles. The molecule has 0 atom stereocenters. The zero-order valence-corrected chi connectivity index (χ0v) is 6.04. The molecule has 5 nitrogen and oxygen atoms in total. The van der Waals surface area contributed by atoms with Crippen molar-refractivity contribution >= 4 is 20.2 Å². The van der Waals surface area contributed by atoms with Gasteiger partial charge in [-0.25, -0.2) is 4.79 Å². The number of urea groups is 1. The predicted octanol–water partition coefficient (Wildman–Crippen LogP) is -0.278. The number of nitrogens with one attached hydrogen (secondary N) is 1. The van der Waals surface area contributed by atoms with Crippen LogP contribution in [-0.4, -0.2) is 11.8 Å². The van der Waals surface area contributed by atoms with Crippen LogP contribution < -0.4 is 16.7 Å². The molecule has 1 aliphatic rings. The van der Waals surface area contributed by atoms with Crippen molar-refractivity contribution in [3.05, 3.63) is 12.3 Å². The molecule has 6 heteroatoms. The zero-order valence-electron chi connectivity index (χ0n) is 5.15. The van der Waals surface area contributed by atoms with Crippen LogP contribution in [0.2, 0.25) is 0 Å². The highest BCUT2D eigenvalue weighted by Crippen LogP contribution is 1.90. The van der Waals surface area contributed by atoms with Gasteiger partial charge in [0.25, 0.3) is 0 Å². The highest BCUT2D eigenvalue weighted by molar-refractivity contribution is 7.36. The van der Waals surface area contributed by atoms with E-state index in [0.717, 1.165) is 8.35 Å². The van der Waals surface area contributed by atoms with Crippen LogP contribution in [0.4, 0.5) is 4.79 Å². The molecule has 1 aliphatic heterocycles. The Hall–Kier alpha value is -1.06. The van der Waals surface area contributed by atoms with Crippen LogP contribution in [-0.2, 0) is 4.84 Å². The maximum atomic E-state index is 9.00. The lowest BCUT2D eigenvalue weighted by Gasteiger charge is -1.94. The number of amides is 2. The molecule has 0 aromatic carbocycles. The quantitative estimate of drug-likeness (QED) is 0.427. The summed E-state index contributed by atoms with van der Waals surface area (Å²) in [5.74, 6) is 1.95. The van der Waals surface area contributed by atoms with E-state index < -0.39 is 6.03 Å². The summed E-state index contributed by atoms with van der Waals surface area (Å²) >= 11 is 0. The summed E-state index contributed by atoms with van der Waals surface area (Å²) in [6.07, 6.45) is 3.44. The van der Waals surface area contributed by atoms with Gasteiger partial charge in [0.15, 0.2) is 0 Å². The highest BCUT2D eigenvalue weighted by atomic mass is 31.1. The minimum absolute atomic E-state index is 0.833. The number of rotatable bonds is 0. The van der Waals surface area contributed by atoms with Gasteiger partial charge in [-0.05, 0) is 11.9 Å². The number of hydrogen-bond acceptors (Lipinski definition) is 3. The van der Waals surface area contributed by atoms with Crippen LogP contribution in [0.1, 0.15) is 0 Å². The fourth-order valence-electron chi connectivity index (χ4n) is 0.209. The lowest BCUT2D eigenvalue weighted by Crippen LogP contribution is -2.18. The summed E-state index contributed by atoms with van der Waals surface area (Å²) in [5.41, 5.74) is 8.50. The molecule has 1 rings (SSSR count). The van der Waals surface area contributed by atoms with Gasteiger partial charge in [-0.2, -0.15) is 0 Å². The molecule has 56 valence electrons. The third-order valence-electron chi connectivity index (χ3n) is 0.413. The van der Waals surface area contributed by atoms with Crippen LogP contribution >= 0.6 is 8.35 Å². The molecule has 0 saturated carbocycles. The van der Waals surface area contributed by atoms with E-state index in [4.69, 9.17) is 4.79 Å². The third kappa shape index (κ3) is 10.0. The molecule has 0 aliphatic carbocycles. The Morgan fingerprint density at radius 2 is 2.20 bits per heavy atom. The van der Waals surface area contributed by atoms with E-state index in [1.807, 2.05) is 11.9 Å². The number of hydrogen-bond donors (Lipinski definition) is 3. The van der Waals surface area contributed by atoms with E-state index in [0.29, 0.717) is 0 Å². The van der Waals surface area contributed by atoms with Crippen LogP contribution in [0, 0.1) is 0 Å². The van der Waals surface area contributed by atoms with Gasteiger partial charge in [0.05, 0.1) is 0 Å². The van der Waals surface area contributed by atoms with Crippen molar-refractivity contribution in [1.82, 2.24) is 5.25 Å². The van der Waals surface area contributed by atoms with Gasteiger partial charge in [-0.15, -0.1) is 5.25 Å². The van der Waals surface area contributed by atoms with Gasteiger partial charge in [-0.1, -0.05) is 0 Å². The van der Waals surface area contributed by atoms with Gasteiger partial charge in [0.2, 0.25) is 0 Å². The summed E-state index contributed by atoms with van der Waals surface area (Å²) < 4.78 is 0. The first kappa shape index (κ1) is 8.94. The van der Waals surface area contributed by atoms with Crippen molar-refractivity contribution in [3.8, 4) is 0 Å². The van der Waals surface area contributed by atoms with Crippen molar-refractivity contribution in [2.45, 2.75) is 0 Å². The van der Waals surface area contributed by atoms with Crippen LogP contribution in [0.3, 0.4) is 0 Å². The van der Waals surface area contributed by atoms with Gasteiger partial charge < -0.3 is 16.3 Å². The number of allylic oxidation sites excluding steroid dienone is 1. The fourth-order valence-corrected chi connectivity index (χ4v) is 0.548. The zero-order chi connectivity index (χ0) is 7.82. The van der Waals surface area contributed by atoms with Crippen LogP contribution in [0.25, 0.3) is 0 Å². The molecule has 0 saturated heterocycles. The Balaban J connectivity index is 0.000000180. The van der Waals surface area contributed by atoms with Crippen molar-refractivity contribution in [3.63, 3.8) is 0 Å². The topological polar surface area (TPSA) is 90.4 Å². The Kier molecular flexibility index (Phi) is 5.42. The Labute approximate surface area is 59.8 Å². The maximum absolute atomic E-state index is 9.00. The average Bonchev–Trinajstić information content (AvgIpc) is 1.90. The van der Waals surface area contributed by atoms with E-state index in [1.54, 1.807) is 6.26 Å². The number of carbonyl (C=O) groups is 1.